The van der Waals surface area contributed by atoms with Crippen LogP contribution in [0.3, 0.4) is 0 Å². The van der Waals surface area contributed by atoms with E-state index in [1.54, 1.807) is 62.4 Å². The van der Waals surface area contributed by atoms with Gasteiger partial charge in [-0.05, 0) is 31.5 Å². The molecule has 2 atom stereocenters. The topological polar surface area (TPSA) is 123 Å². The van der Waals surface area contributed by atoms with Gasteiger partial charge in [0.2, 0.25) is 0 Å². The highest BCUT2D eigenvalue weighted by atomic mass is 16.5. The standard InChI is InChI=1S/C26H27N3O7/c1-3-34-25(32)22-18(27-26(33)28-23(22)17-9-5-4-6-10-17)15-35-21(30)13-14-29-19-11-7-8-12-20(19)36-16(2)24(29)31/h4-12,16,23H,3,13-15H2,1-2H3,(H2,27,28,33). The van der Waals surface area contributed by atoms with Crippen molar-refractivity contribution in [1.82, 2.24) is 10.6 Å². The van der Waals surface area contributed by atoms with Gasteiger partial charge in [-0.1, -0.05) is 42.5 Å². The molecule has 2 heterocycles. The largest absolute Gasteiger partial charge is 0.479 e. The summed E-state index contributed by atoms with van der Waals surface area (Å²) in [5.74, 6) is -0.926. The Hall–Kier alpha value is -4.34. The number of hydrogen-bond acceptors (Lipinski definition) is 7. The third kappa shape index (κ3) is 5.32. The van der Waals surface area contributed by atoms with Crippen LogP contribution < -0.4 is 20.3 Å². The van der Waals surface area contributed by atoms with Crippen LogP contribution in [0.4, 0.5) is 10.5 Å². The lowest BCUT2D eigenvalue weighted by molar-refractivity contribution is -0.143. The van der Waals surface area contributed by atoms with Gasteiger partial charge in [-0.25, -0.2) is 9.59 Å². The fourth-order valence-corrected chi connectivity index (χ4v) is 4.09. The first kappa shape index (κ1) is 24.8. The summed E-state index contributed by atoms with van der Waals surface area (Å²) >= 11 is 0. The number of fused-ring (bicyclic) bond motifs is 1. The first-order chi connectivity index (χ1) is 17.4. The number of hydrogen-bond donors (Lipinski definition) is 2. The van der Waals surface area contributed by atoms with Gasteiger partial charge in [0.15, 0.2) is 6.10 Å². The maximum absolute atomic E-state index is 12.8. The smallest absolute Gasteiger partial charge is 0.338 e. The Morgan fingerprint density at radius 3 is 2.50 bits per heavy atom. The molecule has 188 valence electrons. The molecule has 3 amide bonds. The second-order valence-electron chi connectivity index (χ2n) is 8.18. The first-order valence-corrected chi connectivity index (χ1v) is 11.6. The number of benzene rings is 2. The maximum atomic E-state index is 12.8. The summed E-state index contributed by atoms with van der Waals surface area (Å²) in [6.45, 7) is 3.21. The van der Waals surface area contributed by atoms with Crippen LogP contribution >= 0.6 is 0 Å². The number of rotatable bonds is 8. The van der Waals surface area contributed by atoms with Crippen molar-refractivity contribution >= 4 is 29.6 Å². The fraction of sp³-hybridized carbons (Fsp3) is 0.308. The molecule has 0 spiro atoms. The van der Waals surface area contributed by atoms with E-state index >= 15 is 0 Å². The lowest BCUT2D eigenvalue weighted by Crippen LogP contribution is -2.47. The monoisotopic (exact) mass is 493 g/mol. The molecule has 0 saturated heterocycles. The molecule has 10 nitrogen and oxygen atoms in total. The molecule has 2 aromatic carbocycles. The van der Waals surface area contributed by atoms with Crippen molar-refractivity contribution in [3.8, 4) is 5.75 Å². The molecule has 2 unspecified atom stereocenters. The Labute approximate surface area is 208 Å². The number of carbonyl (C=O) groups is 4. The van der Waals surface area contributed by atoms with Crippen molar-refractivity contribution in [2.24, 2.45) is 0 Å². The average Bonchev–Trinajstić information content (AvgIpc) is 2.88. The molecule has 2 aromatic rings. The van der Waals surface area contributed by atoms with E-state index in [9.17, 15) is 19.2 Å². The van der Waals surface area contributed by atoms with Gasteiger partial charge in [-0.2, -0.15) is 0 Å². The van der Waals surface area contributed by atoms with Gasteiger partial charge in [-0.15, -0.1) is 0 Å². The predicted octanol–water partition coefficient (Wildman–Crippen LogP) is 2.61. The van der Waals surface area contributed by atoms with E-state index in [4.69, 9.17) is 14.2 Å². The molecule has 0 fully saturated rings. The van der Waals surface area contributed by atoms with E-state index in [1.165, 1.54) is 4.90 Å². The molecule has 0 bridgehead atoms. The van der Waals surface area contributed by atoms with Gasteiger partial charge < -0.3 is 29.7 Å². The van der Waals surface area contributed by atoms with Crippen molar-refractivity contribution < 1.29 is 33.4 Å². The zero-order valence-corrected chi connectivity index (χ0v) is 20.0. The lowest BCUT2D eigenvalue weighted by atomic mass is 9.95. The van der Waals surface area contributed by atoms with Gasteiger partial charge in [0.05, 0.1) is 36.0 Å². The summed E-state index contributed by atoms with van der Waals surface area (Å²) in [5.41, 5.74) is 1.55. The third-order valence-electron chi connectivity index (χ3n) is 5.77. The first-order valence-electron chi connectivity index (χ1n) is 11.6. The summed E-state index contributed by atoms with van der Waals surface area (Å²) in [6, 6.07) is 14.7. The minimum atomic E-state index is -0.767. The van der Waals surface area contributed by atoms with Gasteiger partial charge in [0.25, 0.3) is 5.91 Å². The molecule has 0 aliphatic carbocycles. The normalized spacial score (nSPS) is 19.0. The van der Waals surface area contributed by atoms with Gasteiger partial charge in [0.1, 0.15) is 12.4 Å². The molecular weight excluding hydrogens is 466 g/mol. The summed E-state index contributed by atoms with van der Waals surface area (Å²) in [4.78, 5) is 51.9. The molecule has 36 heavy (non-hydrogen) atoms. The molecule has 2 N–H and O–H groups in total. The summed E-state index contributed by atoms with van der Waals surface area (Å²) in [7, 11) is 0. The number of ether oxygens (including phenoxy) is 3. The fourth-order valence-electron chi connectivity index (χ4n) is 4.09. The number of nitrogens with one attached hydrogen (secondary N) is 2. The Morgan fingerprint density at radius 2 is 1.75 bits per heavy atom. The SMILES string of the molecule is CCOC(=O)C1=C(COC(=O)CCN2C(=O)C(C)Oc3ccccc32)NC(=O)NC1c1ccccc1. The van der Waals surface area contributed by atoms with Crippen LogP contribution in [0.2, 0.25) is 0 Å². The Morgan fingerprint density at radius 1 is 1.03 bits per heavy atom. The zero-order chi connectivity index (χ0) is 25.7. The number of anilines is 1. The third-order valence-corrected chi connectivity index (χ3v) is 5.77. The van der Waals surface area contributed by atoms with Crippen molar-refractivity contribution in [2.45, 2.75) is 32.4 Å². The number of para-hydroxylation sites is 2. The van der Waals surface area contributed by atoms with Crippen LogP contribution in [0, 0.1) is 0 Å². The highest BCUT2D eigenvalue weighted by Gasteiger charge is 2.35. The summed E-state index contributed by atoms with van der Waals surface area (Å²) in [5, 5.41) is 5.28. The van der Waals surface area contributed by atoms with Crippen LogP contribution in [0.25, 0.3) is 0 Å². The van der Waals surface area contributed by atoms with E-state index in [0.29, 0.717) is 17.0 Å². The lowest BCUT2D eigenvalue weighted by Gasteiger charge is -2.32. The number of carbonyl (C=O) groups excluding carboxylic acids is 4. The molecule has 0 aromatic heterocycles. The molecule has 0 radical (unpaired) electrons. The van der Waals surface area contributed by atoms with Gasteiger partial charge in [-0.3, -0.25) is 9.59 Å². The van der Waals surface area contributed by atoms with Crippen molar-refractivity contribution in [3.63, 3.8) is 0 Å². The van der Waals surface area contributed by atoms with Crippen LogP contribution in [-0.2, 0) is 23.9 Å². The van der Waals surface area contributed by atoms with Crippen molar-refractivity contribution in [3.05, 3.63) is 71.4 Å². The quantitative estimate of drug-likeness (QED) is 0.542. The minimum absolute atomic E-state index is 0.0900. The Bertz CT molecular complexity index is 1200. The van der Waals surface area contributed by atoms with Gasteiger partial charge in [0, 0.05) is 6.54 Å². The number of amides is 3. The van der Waals surface area contributed by atoms with Crippen molar-refractivity contribution in [2.75, 3.05) is 24.7 Å². The van der Waals surface area contributed by atoms with Crippen LogP contribution in [0.15, 0.2) is 65.9 Å². The van der Waals surface area contributed by atoms with Crippen LogP contribution in [0.1, 0.15) is 31.9 Å². The zero-order valence-electron chi connectivity index (χ0n) is 20.0. The van der Waals surface area contributed by atoms with E-state index in [2.05, 4.69) is 10.6 Å². The highest BCUT2D eigenvalue weighted by Crippen LogP contribution is 2.33. The summed E-state index contributed by atoms with van der Waals surface area (Å²) < 4.78 is 16.2. The van der Waals surface area contributed by atoms with E-state index < -0.39 is 30.1 Å². The minimum Gasteiger partial charge on any atom is -0.479 e. The van der Waals surface area contributed by atoms with E-state index in [-0.39, 0.29) is 43.4 Å². The molecule has 2 aliphatic rings. The van der Waals surface area contributed by atoms with E-state index in [0.717, 1.165) is 0 Å². The van der Waals surface area contributed by atoms with Crippen LogP contribution in [-0.4, -0.2) is 49.7 Å². The average molecular weight is 494 g/mol. The summed E-state index contributed by atoms with van der Waals surface area (Å²) in [6.07, 6.45) is -0.767. The molecule has 4 rings (SSSR count). The number of esters is 2. The molecule has 10 heteroatoms. The molecule has 2 aliphatic heterocycles. The Kier molecular flexibility index (Phi) is 7.53. The highest BCUT2D eigenvalue weighted by molar-refractivity contribution is 6.00. The van der Waals surface area contributed by atoms with Gasteiger partial charge >= 0.3 is 18.0 Å². The second-order valence-corrected chi connectivity index (χ2v) is 8.18. The number of urea groups is 1. The van der Waals surface area contributed by atoms with Crippen molar-refractivity contribution in [1.29, 1.82) is 0 Å². The van der Waals surface area contributed by atoms with E-state index in [1.807, 2.05) is 6.07 Å². The Balaban J connectivity index is 1.48. The second kappa shape index (κ2) is 10.9. The number of nitrogens with zero attached hydrogens (tertiary/aromatic N) is 1. The molecular formula is C26H27N3O7. The predicted molar refractivity (Wildman–Crippen MR) is 129 cm³/mol. The maximum Gasteiger partial charge on any atom is 0.338 e. The molecule has 0 saturated carbocycles. The van der Waals surface area contributed by atoms with Crippen LogP contribution in [0.5, 0.6) is 5.75 Å².